The van der Waals surface area contributed by atoms with Crippen LogP contribution in [-0.2, 0) is 11.3 Å². The molecular formula is C11H16BFO3. The summed E-state index contributed by atoms with van der Waals surface area (Å²) in [5, 5.41) is 17.8. The molecule has 2 N–H and O–H groups in total. The van der Waals surface area contributed by atoms with Gasteiger partial charge in [-0.15, -0.1) is 0 Å². The summed E-state index contributed by atoms with van der Waals surface area (Å²) in [6.45, 7) is 3.09. The van der Waals surface area contributed by atoms with Crippen LogP contribution < -0.4 is 5.46 Å². The van der Waals surface area contributed by atoms with Gasteiger partial charge in [0, 0.05) is 12.1 Å². The van der Waals surface area contributed by atoms with Crippen molar-refractivity contribution in [2.24, 2.45) is 0 Å². The van der Waals surface area contributed by atoms with Gasteiger partial charge >= 0.3 is 7.12 Å². The molecule has 0 unspecified atom stereocenters. The van der Waals surface area contributed by atoms with Crippen molar-refractivity contribution in [2.45, 2.75) is 26.4 Å². The van der Waals surface area contributed by atoms with Crippen molar-refractivity contribution in [1.82, 2.24) is 0 Å². The predicted molar refractivity (Wildman–Crippen MR) is 60.8 cm³/mol. The van der Waals surface area contributed by atoms with Gasteiger partial charge in [0.25, 0.3) is 0 Å². The molecule has 0 amide bonds. The zero-order chi connectivity index (χ0) is 12.0. The van der Waals surface area contributed by atoms with Crippen molar-refractivity contribution < 1.29 is 19.2 Å². The Bertz CT molecular complexity index is 331. The van der Waals surface area contributed by atoms with Gasteiger partial charge in [0.2, 0.25) is 0 Å². The molecule has 1 aromatic carbocycles. The highest BCUT2D eigenvalue weighted by Gasteiger charge is 2.16. The molecule has 16 heavy (non-hydrogen) atoms. The summed E-state index contributed by atoms with van der Waals surface area (Å²) >= 11 is 0. The Hall–Kier alpha value is -0.905. The molecular weight excluding hydrogens is 210 g/mol. The topological polar surface area (TPSA) is 49.7 Å². The van der Waals surface area contributed by atoms with Crippen LogP contribution >= 0.6 is 0 Å². The van der Waals surface area contributed by atoms with Crippen molar-refractivity contribution in [3.63, 3.8) is 0 Å². The first-order valence-electron chi connectivity index (χ1n) is 5.37. The van der Waals surface area contributed by atoms with Gasteiger partial charge in [-0.1, -0.05) is 25.5 Å². The summed E-state index contributed by atoms with van der Waals surface area (Å²) in [6, 6.07) is 4.20. The van der Waals surface area contributed by atoms with E-state index < -0.39 is 12.9 Å². The van der Waals surface area contributed by atoms with Gasteiger partial charge < -0.3 is 14.8 Å². The standard InChI is InChI=1S/C11H16BFO3/c1-2-3-6-16-8-9-4-5-11(13)10(7-9)12(14)15/h4-5,7,14-15H,2-3,6,8H2,1H3. The van der Waals surface area contributed by atoms with Crippen LogP contribution in [0.15, 0.2) is 18.2 Å². The maximum absolute atomic E-state index is 13.1. The molecule has 0 heterocycles. The van der Waals surface area contributed by atoms with Gasteiger partial charge in [-0.05, 0) is 18.1 Å². The third kappa shape index (κ3) is 3.92. The van der Waals surface area contributed by atoms with Gasteiger partial charge in [0.05, 0.1) is 6.61 Å². The maximum atomic E-state index is 13.1. The maximum Gasteiger partial charge on any atom is 0.491 e. The summed E-state index contributed by atoms with van der Waals surface area (Å²) in [4.78, 5) is 0. The minimum atomic E-state index is -1.78. The van der Waals surface area contributed by atoms with Gasteiger partial charge in [0.1, 0.15) is 5.82 Å². The van der Waals surface area contributed by atoms with Crippen molar-refractivity contribution in [3.8, 4) is 0 Å². The molecule has 0 aliphatic carbocycles. The molecule has 0 aliphatic rings. The molecule has 0 saturated heterocycles. The van der Waals surface area contributed by atoms with Crippen LogP contribution in [0.3, 0.4) is 0 Å². The van der Waals surface area contributed by atoms with E-state index >= 15 is 0 Å². The van der Waals surface area contributed by atoms with Crippen LogP contribution in [0.1, 0.15) is 25.3 Å². The number of hydrogen-bond donors (Lipinski definition) is 2. The van der Waals surface area contributed by atoms with E-state index in [9.17, 15) is 4.39 Å². The Morgan fingerprint density at radius 3 is 2.75 bits per heavy atom. The second kappa shape index (κ2) is 6.63. The first-order chi connectivity index (χ1) is 7.65. The highest BCUT2D eigenvalue weighted by molar-refractivity contribution is 6.58. The molecule has 5 heteroatoms. The molecule has 0 radical (unpaired) electrons. The number of hydrogen-bond acceptors (Lipinski definition) is 3. The molecule has 0 aliphatic heterocycles. The Kier molecular flexibility index (Phi) is 5.45. The molecule has 0 spiro atoms. The molecule has 0 fully saturated rings. The van der Waals surface area contributed by atoms with Crippen LogP contribution in [0.25, 0.3) is 0 Å². The highest BCUT2D eigenvalue weighted by atomic mass is 19.1. The van der Waals surface area contributed by atoms with E-state index in [1.54, 1.807) is 6.07 Å². The summed E-state index contributed by atoms with van der Waals surface area (Å²) in [5.74, 6) is -0.618. The Morgan fingerprint density at radius 1 is 1.38 bits per heavy atom. The second-order valence-corrected chi connectivity index (χ2v) is 3.64. The van der Waals surface area contributed by atoms with E-state index in [1.165, 1.54) is 12.1 Å². The molecule has 1 aromatic rings. The van der Waals surface area contributed by atoms with Crippen LogP contribution in [-0.4, -0.2) is 23.8 Å². The minimum Gasteiger partial charge on any atom is -0.423 e. The van der Waals surface area contributed by atoms with Gasteiger partial charge in [0.15, 0.2) is 0 Å². The monoisotopic (exact) mass is 226 g/mol. The fraction of sp³-hybridized carbons (Fsp3) is 0.455. The molecule has 1 rings (SSSR count). The lowest BCUT2D eigenvalue weighted by atomic mass is 9.79. The Morgan fingerprint density at radius 2 is 2.12 bits per heavy atom. The second-order valence-electron chi connectivity index (χ2n) is 3.64. The van der Waals surface area contributed by atoms with Crippen LogP contribution in [0, 0.1) is 5.82 Å². The fourth-order valence-electron chi connectivity index (χ4n) is 1.32. The third-order valence-corrected chi connectivity index (χ3v) is 2.25. The van der Waals surface area contributed by atoms with E-state index in [-0.39, 0.29) is 5.46 Å². The van der Waals surface area contributed by atoms with Crippen molar-refractivity contribution in [3.05, 3.63) is 29.6 Å². The molecule has 88 valence electrons. The van der Waals surface area contributed by atoms with E-state index in [0.29, 0.717) is 13.2 Å². The molecule has 0 aromatic heterocycles. The molecule has 0 bridgehead atoms. The summed E-state index contributed by atoms with van der Waals surface area (Å²) in [5.41, 5.74) is 0.622. The lowest BCUT2D eigenvalue weighted by molar-refractivity contribution is 0.118. The van der Waals surface area contributed by atoms with Crippen LogP contribution in [0.5, 0.6) is 0 Å². The van der Waals surface area contributed by atoms with Gasteiger partial charge in [-0.3, -0.25) is 0 Å². The van der Waals surface area contributed by atoms with Crippen LogP contribution in [0.4, 0.5) is 4.39 Å². The van der Waals surface area contributed by atoms with Gasteiger partial charge in [-0.25, -0.2) is 4.39 Å². The highest BCUT2D eigenvalue weighted by Crippen LogP contribution is 2.04. The normalized spacial score (nSPS) is 10.5. The number of benzene rings is 1. The minimum absolute atomic E-state index is 0.114. The van der Waals surface area contributed by atoms with E-state index in [1.807, 2.05) is 0 Å². The largest absolute Gasteiger partial charge is 0.491 e. The van der Waals surface area contributed by atoms with E-state index in [4.69, 9.17) is 14.8 Å². The first kappa shape index (κ1) is 13.2. The average molecular weight is 226 g/mol. The number of ether oxygens (including phenoxy) is 1. The van der Waals surface area contributed by atoms with E-state index in [2.05, 4.69) is 6.92 Å². The molecule has 0 saturated carbocycles. The zero-order valence-corrected chi connectivity index (χ0v) is 9.32. The SMILES string of the molecule is CCCCOCc1ccc(F)c(B(O)O)c1. The number of rotatable bonds is 6. The van der Waals surface area contributed by atoms with Gasteiger partial charge in [-0.2, -0.15) is 0 Å². The Labute approximate surface area is 95.0 Å². The third-order valence-electron chi connectivity index (χ3n) is 2.25. The average Bonchev–Trinajstić information content (AvgIpc) is 2.26. The summed E-state index contributed by atoms with van der Waals surface area (Å²) in [7, 11) is -1.78. The molecule has 0 atom stereocenters. The van der Waals surface area contributed by atoms with Crippen molar-refractivity contribution >= 4 is 12.6 Å². The van der Waals surface area contributed by atoms with Crippen LogP contribution in [0.2, 0.25) is 0 Å². The zero-order valence-electron chi connectivity index (χ0n) is 9.32. The van der Waals surface area contributed by atoms with Crippen molar-refractivity contribution in [1.29, 1.82) is 0 Å². The quantitative estimate of drug-likeness (QED) is 0.557. The Balaban J connectivity index is 2.57. The smallest absolute Gasteiger partial charge is 0.423 e. The summed E-state index contributed by atoms with van der Waals surface area (Å²) < 4.78 is 18.5. The predicted octanol–water partition coefficient (Wildman–Crippen LogP) is 0.822. The lowest BCUT2D eigenvalue weighted by Gasteiger charge is -2.07. The first-order valence-corrected chi connectivity index (χ1v) is 5.37. The summed E-state index contributed by atoms with van der Waals surface area (Å²) in [6.07, 6.45) is 2.04. The van der Waals surface area contributed by atoms with Crippen molar-refractivity contribution in [2.75, 3.05) is 6.61 Å². The number of halogens is 1. The fourth-order valence-corrected chi connectivity index (χ4v) is 1.32. The van der Waals surface area contributed by atoms with E-state index in [0.717, 1.165) is 18.4 Å². The molecule has 3 nitrogen and oxygen atoms in total. The lowest BCUT2D eigenvalue weighted by Crippen LogP contribution is -2.33. The number of unbranched alkanes of at least 4 members (excludes halogenated alkanes) is 1.